The lowest BCUT2D eigenvalue weighted by Gasteiger charge is -2.11. The summed E-state index contributed by atoms with van der Waals surface area (Å²) in [5.41, 5.74) is 4.14. The van der Waals surface area contributed by atoms with Gasteiger partial charge in [-0.1, -0.05) is 49.4 Å². The van der Waals surface area contributed by atoms with Crippen LogP contribution in [-0.4, -0.2) is 6.26 Å². The van der Waals surface area contributed by atoms with Gasteiger partial charge in [-0.3, -0.25) is 0 Å². The van der Waals surface area contributed by atoms with Crippen LogP contribution < -0.4 is 0 Å². The van der Waals surface area contributed by atoms with Crippen molar-refractivity contribution in [1.82, 2.24) is 0 Å². The van der Waals surface area contributed by atoms with Crippen molar-refractivity contribution in [2.45, 2.75) is 18.2 Å². The molecule has 0 amide bonds. The lowest BCUT2D eigenvalue weighted by Crippen LogP contribution is -1.88. The Labute approximate surface area is 102 Å². The Hall–Kier alpha value is -1.21. The summed E-state index contributed by atoms with van der Waals surface area (Å²) < 4.78 is 0. The van der Waals surface area contributed by atoms with Gasteiger partial charge in [0.25, 0.3) is 0 Å². The SMILES string of the molecule is CCc1ccccc1-c1ccccc1SC. The summed E-state index contributed by atoms with van der Waals surface area (Å²) in [7, 11) is 0. The van der Waals surface area contributed by atoms with E-state index in [1.807, 2.05) is 11.8 Å². The summed E-state index contributed by atoms with van der Waals surface area (Å²) in [6.45, 7) is 2.21. The zero-order chi connectivity index (χ0) is 11.4. The fraction of sp³-hybridized carbons (Fsp3) is 0.200. The van der Waals surface area contributed by atoms with E-state index in [4.69, 9.17) is 0 Å². The smallest absolute Gasteiger partial charge is 0.0148 e. The summed E-state index contributed by atoms with van der Waals surface area (Å²) in [6.07, 6.45) is 3.21. The van der Waals surface area contributed by atoms with Gasteiger partial charge in [-0.2, -0.15) is 0 Å². The van der Waals surface area contributed by atoms with Crippen LogP contribution in [0.15, 0.2) is 53.4 Å². The van der Waals surface area contributed by atoms with E-state index in [1.54, 1.807) is 0 Å². The predicted octanol–water partition coefficient (Wildman–Crippen LogP) is 4.64. The Balaban J connectivity index is 2.58. The van der Waals surface area contributed by atoms with Gasteiger partial charge in [0.2, 0.25) is 0 Å². The van der Waals surface area contributed by atoms with Crippen molar-refractivity contribution < 1.29 is 0 Å². The van der Waals surface area contributed by atoms with Gasteiger partial charge in [-0.25, -0.2) is 0 Å². The molecule has 0 heterocycles. The van der Waals surface area contributed by atoms with E-state index in [-0.39, 0.29) is 0 Å². The Kier molecular flexibility index (Phi) is 3.68. The molecule has 0 saturated heterocycles. The Morgan fingerprint density at radius 2 is 1.50 bits per heavy atom. The standard InChI is InChI=1S/C15H16S/c1-3-12-8-4-5-9-13(12)14-10-6-7-11-15(14)16-2/h4-11H,3H2,1-2H3. The van der Waals surface area contributed by atoms with E-state index >= 15 is 0 Å². The van der Waals surface area contributed by atoms with Gasteiger partial charge in [0, 0.05) is 4.90 Å². The van der Waals surface area contributed by atoms with Gasteiger partial charge in [0.05, 0.1) is 0 Å². The molecule has 0 fully saturated rings. The third-order valence-electron chi connectivity index (χ3n) is 2.80. The van der Waals surface area contributed by atoms with Crippen molar-refractivity contribution >= 4 is 11.8 Å². The molecule has 0 aliphatic heterocycles. The van der Waals surface area contributed by atoms with E-state index in [9.17, 15) is 0 Å². The van der Waals surface area contributed by atoms with Crippen molar-refractivity contribution in [3.05, 3.63) is 54.1 Å². The largest absolute Gasteiger partial charge is 0.129 e. The van der Waals surface area contributed by atoms with Crippen LogP contribution in [0.1, 0.15) is 12.5 Å². The predicted molar refractivity (Wildman–Crippen MR) is 73.0 cm³/mol. The number of aryl methyl sites for hydroxylation is 1. The van der Waals surface area contributed by atoms with E-state index < -0.39 is 0 Å². The minimum Gasteiger partial charge on any atom is -0.129 e. The fourth-order valence-corrected chi connectivity index (χ4v) is 2.57. The first-order valence-electron chi connectivity index (χ1n) is 5.58. The molecule has 82 valence electrons. The molecule has 2 aromatic rings. The summed E-state index contributed by atoms with van der Waals surface area (Å²) in [6, 6.07) is 17.3. The summed E-state index contributed by atoms with van der Waals surface area (Å²) in [4.78, 5) is 1.35. The highest BCUT2D eigenvalue weighted by Crippen LogP contribution is 2.32. The maximum atomic E-state index is 2.22. The first kappa shape index (κ1) is 11.3. The van der Waals surface area contributed by atoms with Crippen LogP contribution in [0.4, 0.5) is 0 Å². The van der Waals surface area contributed by atoms with Crippen molar-refractivity contribution in [1.29, 1.82) is 0 Å². The van der Waals surface area contributed by atoms with E-state index in [1.165, 1.54) is 21.6 Å². The molecule has 0 bridgehead atoms. The zero-order valence-electron chi connectivity index (χ0n) is 9.73. The third-order valence-corrected chi connectivity index (χ3v) is 3.59. The van der Waals surface area contributed by atoms with Crippen LogP contribution >= 0.6 is 11.8 Å². The molecule has 0 aliphatic carbocycles. The van der Waals surface area contributed by atoms with Crippen molar-refractivity contribution in [2.24, 2.45) is 0 Å². The van der Waals surface area contributed by atoms with Gasteiger partial charge in [0.1, 0.15) is 0 Å². The molecule has 0 nitrogen and oxygen atoms in total. The number of hydrogen-bond acceptors (Lipinski definition) is 1. The normalized spacial score (nSPS) is 10.4. The number of benzene rings is 2. The van der Waals surface area contributed by atoms with E-state index in [0.29, 0.717) is 0 Å². The van der Waals surface area contributed by atoms with Crippen LogP contribution in [0.25, 0.3) is 11.1 Å². The highest BCUT2D eigenvalue weighted by Gasteiger charge is 2.06. The van der Waals surface area contributed by atoms with Crippen LogP contribution in [0.2, 0.25) is 0 Å². The second-order valence-corrected chi connectivity index (χ2v) is 4.56. The highest BCUT2D eigenvalue weighted by molar-refractivity contribution is 7.98. The number of hydrogen-bond donors (Lipinski definition) is 0. The van der Waals surface area contributed by atoms with E-state index in [2.05, 4.69) is 61.7 Å². The summed E-state index contributed by atoms with van der Waals surface area (Å²) in [5, 5.41) is 0. The maximum absolute atomic E-state index is 2.22. The molecule has 2 rings (SSSR count). The minimum absolute atomic E-state index is 1.08. The molecule has 0 radical (unpaired) electrons. The van der Waals surface area contributed by atoms with Gasteiger partial charge >= 0.3 is 0 Å². The number of thioether (sulfide) groups is 1. The fourth-order valence-electron chi connectivity index (χ4n) is 1.96. The number of rotatable bonds is 3. The molecule has 0 N–H and O–H groups in total. The van der Waals surface area contributed by atoms with Gasteiger partial charge < -0.3 is 0 Å². The van der Waals surface area contributed by atoms with Crippen LogP contribution in [0.3, 0.4) is 0 Å². The molecular formula is C15H16S. The molecule has 0 aliphatic rings. The minimum atomic E-state index is 1.08. The summed E-state index contributed by atoms with van der Waals surface area (Å²) >= 11 is 1.81. The second kappa shape index (κ2) is 5.22. The van der Waals surface area contributed by atoms with Gasteiger partial charge in [-0.05, 0) is 35.4 Å². The second-order valence-electron chi connectivity index (χ2n) is 3.71. The first-order chi connectivity index (χ1) is 7.86. The molecule has 0 unspecified atom stereocenters. The molecule has 0 saturated carbocycles. The lowest BCUT2D eigenvalue weighted by atomic mass is 9.98. The summed E-state index contributed by atoms with van der Waals surface area (Å²) in [5.74, 6) is 0. The molecule has 0 atom stereocenters. The van der Waals surface area contributed by atoms with Gasteiger partial charge in [0.15, 0.2) is 0 Å². The monoisotopic (exact) mass is 228 g/mol. The molecule has 0 aromatic heterocycles. The first-order valence-corrected chi connectivity index (χ1v) is 6.80. The molecule has 16 heavy (non-hydrogen) atoms. The zero-order valence-corrected chi connectivity index (χ0v) is 10.6. The van der Waals surface area contributed by atoms with Crippen LogP contribution in [0.5, 0.6) is 0 Å². The van der Waals surface area contributed by atoms with Crippen LogP contribution in [-0.2, 0) is 6.42 Å². The quantitative estimate of drug-likeness (QED) is 0.690. The molecule has 1 heteroatoms. The van der Waals surface area contributed by atoms with Gasteiger partial charge in [-0.15, -0.1) is 11.8 Å². The Morgan fingerprint density at radius 1 is 0.875 bits per heavy atom. The molecular weight excluding hydrogens is 212 g/mol. The average Bonchev–Trinajstić information content (AvgIpc) is 2.38. The lowest BCUT2D eigenvalue weighted by molar-refractivity contribution is 1.14. The molecule has 2 aromatic carbocycles. The highest BCUT2D eigenvalue weighted by atomic mass is 32.2. The van der Waals surface area contributed by atoms with Crippen molar-refractivity contribution in [2.75, 3.05) is 6.26 Å². The Bertz CT molecular complexity index is 429. The van der Waals surface area contributed by atoms with Crippen LogP contribution in [0, 0.1) is 0 Å². The van der Waals surface area contributed by atoms with Crippen molar-refractivity contribution in [3.63, 3.8) is 0 Å². The maximum Gasteiger partial charge on any atom is 0.0148 e. The molecule has 0 spiro atoms. The topological polar surface area (TPSA) is 0 Å². The van der Waals surface area contributed by atoms with E-state index in [0.717, 1.165) is 6.42 Å². The van der Waals surface area contributed by atoms with Crippen molar-refractivity contribution in [3.8, 4) is 11.1 Å². The average molecular weight is 228 g/mol. The third kappa shape index (κ3) is 2.14. The Morgan fingerprint density at radius 3 is 2.19 bits per heavy atom.